The van der Waals surface area contributed by atoms with Gasteiger partial charge in [-0.25, -0.2) is 4.98 Å². The van der Waals surface area contributed by atoms with Gasteiger partial charge in [0.05, 0.1) is 10.7 Å². The second-order valence-electron chi connectivity index (χ2n) is 5.04. The van der Waals surface area contributed by atoms with E-state index in [4.69, 9.17) is 0 Å². The molecule has 0 aromatic carbocycles. The summed E-state index contributed by atoms with van der Waals surface area (Å²) >= 11 is 1.81. The van der Waals surface area contributed by atoms with Crippen LogP contribution in [-0.4, -0.2) is 43.0 Å². The first kappa shape index (κ1) is 21.4. The first-order chi connectivity index (χ1) is 10.1. The highest BCUT2D eigenvalue weighted by molar-refractivity contribution is 14.0. The first-order valence-corrected chi connectivity index (χ1v) is 8.41. The van der Waals surface area contributed by atoms with Gasteiger partial charge in [-0.3, -0.25) is 4.99 Å². The highest BCUT2D eigenvalue weighted by atomic mass is 127. The Kier molecular flexibility index (Phi) is 11.5. The van der Waals surface area contributed by atoms with Gasteiger partial charge in [-0.1, -0.05) is 13.0 Å². The number of thiazole rings is 1. The fourth-order valence-electron chi connectivity index (χ4n) is 2.17. The Morgan fingerprint density at radius 1 is 1.50 bits per heavy atom. The van der Waals surface area contributed by atoms with Crippen molar-refractivity contribution in [1.82, 2.24) is 15.2 Å². The van der Waals surface area contributed by atoms with Crippen molar-refractivity contribution in [2.24, 2.45) is 4.99 Å². The van der Waals surface area contributed by atoms with Crippen LogP contribution in [0.2, 0.25) is 0 Å². The summed E-state index contributed by atoms with van der Waals surface area (Å²) in [6.45, 7) is 9.92. The number of nitrogens with one attached hydrogen (secondary N) is 1. The zero-order valence-corrected chi connectivity index (χ0v) is 17.3. The van der Waals surface area contributed by atoms with Crippen molar-refractivity contribution < 1.29 is 0 Å². The molecule has 0 saturated heterocycles. The Balaban J connectivity index is 0.00000441. The van der Waals surface area contributed by atoms with E-state index in [9.17, 15) is 0 Å². The Bertz CT molecular complexity index is 471. The molecule has 6 heteroatoms. The minimum Gasteiger partial charge on any atom is -0.356 e. The highest BCUT2D eigenvalue weighted by Gasteiger charge is 2.07. The second-order valence-corrected chi connectivity index (χ2v) is 6.33. The van der Waals surface area contributed by atoms with Gasteiger partial charge in [-0.05, 0) is 26.2 Å². The van der Waals surface area contributed by atoms with Gasteiger partial charge in [0, 0.05) is 38.5 Å². The predicted octanol–water partition coefficient (Wildman–Crippen LogP) is 3.65. The van der Waals surface area contributed by atoms with Gasteiger partial charge in [0.15, 0.2) is 5.96 Å². The van der Waals surface area contributed by atoms with Crippen molar-refractivity contribution in [3.63, 3.8) is 0 Å². The lowest BCUT2D eigenvalue weighted by molar-refractivity contribution is 0.470. The fourth-order valence-corrected chi connectivity index (χ4v) is 3.19. The number of aromatic nitrogens is 1. The molecule has 0 aliphatic heterocycles. The Labute approximate surface area is 156 Å². The third-order valence-corrected chi connectivity index (χ3v) is 4.44. The molecule has 0 aliphatic rings. The van der Waals surface area contributed by atoms with Gasteiger partial charge in [-0.15, -0.1) is 41.9 Å². The first-order valence-electron chi connectivity index (χ1n) is 7.60. The molecular formula is C16H29IN4S. The lowest BCUT2D eigenvalue weighted by Crippen LogP contribution is -2.40. The van der Waals surface area contributed by atoms with E-state index in [2.05, 4.69) is 47.7 Å². The number of aryl methyl sites for hydroxylation is 2. The minimum atomic E-state index is 0. The largest absolute Gasteiger partial charge is 0.356 e. The zero-order valence-electron chi connectivity index (χ0n) is 14.2. The highest BCUT2D eigenvalue weighted by Crippen LogP contribution is 2.17. The minimum absolute atomic E-state index is 0. The molecule has 0 amide bonds. The molecule has 1 aromatic heterocycles. The molecule has 0 spiro atoms. The Hall–Kier alpha value is -0.630. The number of halogens is 1. The fraction of sp³-hybridized carbons (Fsp3) is 0.625. The topological polar surface area (TPSA) is 40.5 Å². The number of guanidine groups is 1. The summed E-state index contributed by atoms with van der Waals surface area (Å²) in [6.07, 6.45) is 6.07. The van der Waals surface area contributed by atoms with E-state index in [1.807, 2.05) is 24.5 Å². The number of nitrogens with zero attached hydrogens (tertiary/aromatic N) is 3. The van der Waals surface area contributed by atoms with E-state index in [1.54, 1.807) is 0 Å². The maximum atomic E-state index is 4.67. The molecule has 0 fully saturated rings. The maximum absolute atomic E-state index is 4.67. The summed E-state index contributed by atoms with van der Waals surface area (Å²) in [7, 11) is 3.90. The van der Waals surface area contributed by atoms with E-state index < -0.39 is 0 Å². The number of rotatable bonds is 8. The third kappa shape index (κ3) is 7.09. The number of hydrogen-bond acceptors (Lipinski definition) is 3. The van der Waals surface area contributed by atoms with Crippen molar-refractivity contribution in [3.05, 3.63) is 28.2 Å². The van der Waals surface area contributed by atoms with Gasteiger partial charge >= 0.3 is 0 Å². The lowest BCUT2D eigenvalue weighted by atomic mass is 10.3. The quantitative estimate of drug-likeness (QED) is 0.222. The van der Waals surface area contributed by atoms with Crippen molar-refractivity contribution >= 4 is 41.3 Å². The van der Waals surface area contributed by atoms with Crippen LogP contribution in [0.1, 0.15) is 35.3 Å². The number of unbranched alkanes of at least 4 members (excludes halogenated alkanes) is 1. The van der Waals surface area contributed by atoms with Gasteiger partial charge in [0.25, 0.3) is 0 Å². The average molecular weight is 436 g/mol. The van der Waals surface area contributed by atoms with E-state index in [1.165, 1.54) is 15.6 Å². The SMILES string of the molecule is C=CCCCN(C)C(=NC)NCCc1nc(CC)c(C)s1.I. The van der Waals surface area contributed by atoms with Crippen LogP contribution in [0.3, 0.4) is 0 Å². The number of aliphatic imine (C=N–C) groups is 1. The van der Waals surface area contributed by atoms with Crippen LogP contribution in [0, 0.1) is 6.92 Å². The van der Waals surface area contributed by atoms with Crippen LogP contribution >= 0.6 is 35.3 Å². The molecule has 0 aliphatic carbocycles. The van der Waals surface area contributed by atoms with Crippen molar-refractivity contribution in [1.29, 1.82) is 0 Å². The van der Waals surface area contributed by atoms with Gasteiger partial charge in [0.2, 0.25) is 0 Å². The second kappa shape index (κ2) is 11.9. The molecule has 0 radical (unpaired) electrons. The molecule has 1 heterocycles. The van der Waals surface area contributed by atoms with Crippen molar-refractivity contribution in [2.75, 3.05) is 27.2 Å². The van der Waals surface area contributed by atoms with E-state index in [0.29, 0.717) is 0 Å². The molecule has 1 rings (SSSR count). The predicted molar refractivity (Wildman–Crippen MR) is 109 cm³/mol. The molecule has 4 nitrogen and oxygen atoms in total. The summed E-state index contributed by atoms with van der Waals surface area (Å²) in [5.74, 6) is 0.947. The molecule has 0 saturated carbocycles. The zero-order chi connectivity index (χ0) is 15.7. The average Bonchev–Trinajstić information content (AvgIpc) is 2.84. The molecule has 22 heavy (non-hydrogen) atoms. The maximum Gasteiger partial charge on any atom is 0.193 e. The monoisotopic (exact) mass is 436 g/mol. The molecule has 0 atom stereocenters. The molecule has 1 aromatic rings. The molecule has 0 bridgehead atoms. The van der Waals surface area contributed by atoms with E-state index >= 15 is 0 Å². The lowest BCUT2D eigenvalue weighted by Gasteiger charge is -2.21. The third-order valence-electron chi connectivity index (χ3n) is 3.37. The van der Waals surface area contributed by atoms with Crippen molar-refractivity contribution in [2.45, 2.75) is 39.5 Å². The van der Waals surface area contributed by atoms with Crippen LogP contribution in [0.4, 0.5) is 0 Å². The number of allylic oxidation sites excluding steroid dienone is 1. The summed E-state index contributed by atoms with van der Waals surface area (Å²) in [5, 5.41) is 4.62. The van der Waals surface area contributed by atoms with Crippen LogP contribution in [0.15, 0.2) is 17.6 Å². The molecule has 1 N–H and O–H groups in total. The summed E-state index contributed by atoms with van der Waals surface area (Å²) in [6, 6.07) is 0. The molecular weight excluding hydrogens is 407 g/mol. The van der Waals surface area contributed by atoms with Crippen LogP contribution < -0.4 is 5.32 Å². The van der Waals surface area contributed by atoms with Gasteiger partial charge in [0.1, 0.15) is 0 Å². The van der Waals surface area contributed by atoms with Crippen LogP contribution in [0.5, 0.6) is 0 Å². The summed E-state index contributed by atoms with van der Waals surface area (Å²) in [5.41, 5.74) is 1.24. The van der Waals surface area contributed by atoms with Gasteiger partial charge in [-0.2, -0.15) is 0 Å². The van der Waals surface area contributed by atoms with E-state index in [0.717, 1.165) is 44.7 Å². The van der Waals surface area contributed by atoms with Crippen LogP contribution in [-0.2, 0) is 12.8 Å². The Morgan fingerprint density at radius 2 is 2.23 bits per heavy atom. The van der Waals surface area contributed by atoms with E-state index in [-0.39, 0.29) is 24.0 Å². The Morgan fingerprint density at radius 3 is 2.77 bits per heavy atom. The molecule has 0 unspecified atom stereocenters. The van der Waals surface area contributed by atoms with Crippen molar-refractivity contribution in [3.8, 4) is 0 Å². The van der Waals surface area contributed by atoms with Crippen LogP contribution in [0.25, 0.3) is 0 Å². The number of hydrogen-bond donors (Lipinski definition) is 1. The smallest absolute Gasteiger partial charge is 0.193 e. The summed E-state index contributed by atoms with van der Waals surface area (Å²) < 4.78 is 0. The molecule has 126 valence electrons. The van der Waals surface area contributed by atoms with Gasteiger partial charge < -0.3 is 10.2 Å². The standard InChI is InChI=1S/C16H28N4S.HI/c1-6-8-9-12-20(5)16(17-4)18-11-10-15-19-14(7-2)13(3)21-15;/h6H,1,7-12H2,2-5H3,(H,17,18);1H. The summed E-state index contributed by atoms with van der Waals surface area (Å²) in [4.78, 5) is 12.5. The normalized spacial score (nSPS) is 11.0.